The second-order valence-corrected chi connectivity index (χ2v) is 9.53. The van der Waals surface area contributed by atoms with Crippen LogP contribution in [0.1, 0.15) is 0 Å². The van der Waals surface area contributed by atoms with Gasteiger partial charge >= 0.3 is 0 Å². The molecule has 0 aliphatic carbocycles. The van der Waals surface area contributed by atoms with Crippen molar-refractivity contribution in [3.05, 3.63) is 140 Å². The lowest BCUT2D eigenvalue weighted by molar-refractivity contribution is 1.17. The van der Waals surface area contributed by atoms with Crippen molar-refractivity contribution >= 4 is 44.0 Å². The number of fused-ring (bicyclic) bond motifs is 5. The number of aromatic nitrogens is 1. The van der Waals surface area contributed by atoms with Crippen LogP contribution in [0.5, 0.6) is 0 Å². The molecule has 7 aromatic rings. The maximum absolute atomic E-state index is 2.42. The van der Waals surface area contributed by atoms with E-state index in [9.17, 15) is 0 Å². The van der Waals surface area contributed by atoms with Crippen LogP contribution in [0.4, 0.5) is 11.4 Å². The van der Waals surface area contributed by atoms with Crippen LogP contribution < -0.4 is 4.90 Å². The van der Waals surface area contributed by atoms with Crippen molar-refractivity contribution in [2.45, 2.75) is 0 Å². The van der Waals surface area contributed by atoms with Gasteiger partial charge in [-0.1, -0.05) is 103 Å². The van der Waals surface area contributed by atoms with Crippen LogP contribution in [0.15, 0.2) is 140 Å². The van der Waals surface area contributed by atoms with Crippen molar-refractivity contribution in [3.8, 4) is 16.8 Å². The van der Waals surface area contributed by atoms with Gasteiger partial charge < -0.3 is 9.47 Å². The lowest BCUT2D eigenvalue weighted by atomic mass is 10.0. The zero-order valence-corrected chi connectivity index (χ0v) is 20.7. The normalized spacial score (nSPS) is 11.4. The topological polar surface area (TPSA) is 8.17 Å². The van der Waals surface area contributed by atoms with Crippen LogP contribution in [0.2, 0.25) is 0 Å². The zero-order chi connectivity index (χ0) is 24.8. The van der Waals surface area contributed by atoms with Crippen molar-refractivity contribution in [2.75, 3.05) is 11.9 Å². The first-order chi connectivity index (χ1) is 18.3. The summed E-state index contributed by atoms with van der Waals surface area (Å²) in [5.74, 6) is 0. The fourth-order valence-corrected chi connectivity index (χ4v) is 5.48. The summed E-state index contributed by atoms with van der Waals surface area (Å²) in [6, 6.07) is 50.0. The van der Waals surface area contributed by atoms with Gasteiger partial charge in [-0.15, -0.1) is 0 Å². The van der Waals surface area contributed by atoms with Crippen molar-refractivity contribution in [3.63, 3.8) is 0 Å². The first-order valence-electron chi connectivity index (χ1n) is 12.7. The van der Waals surface area contributed by atoms with Crippen LogP contribution in [0, 0.1) is 0 Å². The number of para-hydroxylation sites is 1. The molecule has 0 amide bonds. The molecule has 0 radical (unpaired) electrons. The minimum absolute atomic E-state index is 1.16. The summed E-state index contributed by atoms with van der Waals surface area (Å²) in [4.78, 5) is 2.26. The minimum atomic E-state index is 1.16. The molecular formula is C35H26N2. The van der Waals surface area contributed by atoms with Gasteiger partial charge in [0.25, 0.3) is 0 Å². The van der Waals surface area contributed by atoms with E-state index in [4.69, 9.17) is 0 Å². The third kappa shape index (κ3) is 3.57. The monoisotopic (exact) mass is 474 g/mol. The predicted octanol–water partition coefficient (Wildman–Crippen LogP) is 9.37. The number of benzene rings is 6. The maximum atomic E-state index is 2.42. The molecule has 0 N–H and O–H groups in total. The first kappa shape index (κ1) is 21.5. The molecule has 0 fully saturated rings. The Morgan fingerprint density at radius 2 is 1.11 bits per heavy atom. The predicted molar refractivity (Wildman–Crippen MR) is 158 cm³/mol. The van der Waals surface area contributed by atoms with E-state index in [1.54, 1.807) is 0 Å². The van der Waals surface area contributed by atoms with E-state index in [0.29, 0.717) is 0 Å². The number of hydrogen-bond donors (Lipinski definition) is 0. The van der Waals surface area contributed by atoms with Gasteiger partial charge in [-0.05, 0) is 52.9 Å². The highest BCUT2D eigenvalue weighted by atomic mass is 15.1. The summed E-state index contributed by atoms with van der Waals surface area (Å²) in [5, 5.41) is 5.07. The van der Waals surface area contributed by atoms with E-state index in [2.05, 4.69) is 156 Å². The third-order valence-electron chi connectivity index (χ3n) is 7.40. The highest BCUT2D eigenvalue weighted by molar-refractivity contribution is 6.19. The maximum Gasteiger partial charge on any atom is 0.0619 e. The average molecular weight is 475 g/mol. The summed E-state index contributed by atoms with van der Waals surface area (Å²) in [6.45, 7) is 0. The largest absolute Gasteiger partial charge is 0.345 e. The van der Waals surface area contributed by atoms with Crippen molar-refractivity contribution in [2.24, 2.45) is 0 Å². The molecule has 2 heteroatoms. The SMILES string of the molecule is CN(c1ccc(-c2ccccc2)cc1)c1ccc2c3ccc4ccccc4c3n(-c3ccccc3)c2c1. The van der Waals surface area contributed by atoms with Gasteiger partial charge in [0.05, 0.1) is 11.0 Å². The standard InChI is InChI=1S/C35H26N2/c1-36(28-19-16-26(17-20-28)25-10-4-2-5-11-25)30-21-23-32-33-22-18-27-12-8-9-15-31(27)35(33)37(34(32)24-30)29-13-6-3-7-14-29/h2-24H,1H3. The van der Waals surface area contributed by atoms with Crippen LogP contribution in [0.25, 0.3) is 49.4 Å². The Morgan fingerprint density at radius 3 is 1.89 bits per heavy atom. The van der Waals surface area contributed by atoms with E-state index in [-0.39, 0.29) is 0 Å². The highest BCUT2D eigenvalue weighted by Gasteiger charge is 2.16. The molecule has 0 atom stereocenters. The smallest absolute Gasteiger partial charge is 0.0619 e. The molecule has 7 rings (SSSR count). The van der Waals surface area contributed by atoms with E-state index in [0.717, 1.165) is 11.4 Å². The molecule has 0 bridgehead atoms. The van der Waals surface area contributed by atoms with Gasteiger partial charge in [-0.3, -0.25) is 0 Å². The number of anilines is 2. The Hall–Kier alpha value is -4.82. The van der Waals surface area contributed by atoms with Gasteiger partial charge in [0, 0.05) is 40.3 Å². The molecule has 0 spiro atoms. The molecule has 0 aliphatic rings. The Morgan fingerprint density at radius 1 is 0.486 bits per heavy atom. The van der Waals surface area contributed by atoms with Crippen molar-refractivity contribution in [1.29, 1.82) is 0 Å². The van der Waals surface area contributed by atoms with Crippen molar-refractivity contribution in [1.82, 2.24) is 4.57 Å². The van der Waals surface area contributed by atoms with E-state index < -0.39 is 0 Å². The molecule has 1 heterocycles. The molecular weight excluding hydrogens is 448 g/mol. The van der Waals surface area contributed by atoms with Gasteiger partial charge in [0.1, 0.15) is 0 Å². The lowest BCUT2D eigenvalue weighted by Crippen LogP contribution is -2.09. The van der Waals surface area contributed by atoms with Gasteiger partial charge in [-0.2, -0.15) is 0 Å². The Bertz CT molecular complexity index is 1860. The Kier molecular flexibility index (Phi) is 5.04. The Labute approximate surface area is 216 Å². The number of hydrogen-bond acceptors (Lipinski definition) is 1. The quantitative estimate of drug-likeness (QED) is 0.247. The Balaban J connectivity index is 1.40. The summed E-state index contributed by atoms with van der Waals surface area (Å²) in [7, 11) is 2.14. The van der Waals surface area contributed by atoms with Gasteiger partial charge in [0.15, 0.2) is 0 Å². The second kappa shape index (κ2) is 8.69. The summed E-state index contributed by atoms with van der Waals surface area (Å²) < 4.78 is 2.42. The summed E-state index contributed by atoms with van der Waals surface area (Å²) in [5.41, 5.74) is 8.41. The average Bonchev–Trinajstić information content (AvgIpc) is 3.32. The van der Waals surface area contributed by atoms with Crippen LogP contribution in [-0.2, 0) is 0 Å². The van der Waals surface area contributed by atoms with E-state index in [1.807, 2.05) is 0 Å². The third-order valence-corrected chi connectivity index (χ3v) is 7.40. The molecule has 37 heavy (non-hydrogen) atoms. The minimum Gasteiger partial charge on any atom is -0.345 e. The number of nitrogens with zero attached hydrogens (tertiary/aromatic N) is 2. The number of rotatable bonds is 4. The molecule has 0 saturated heterocycles. The van der Waals surface area contributed by atoms with Crippen LogP contribution >= 0.6 is 0 Å². The second-order valence-electron chi connectivity index (χ2n) is 9.53. The van der Waals surface area contributed by atoms with E-state index >= 15 is 0 Å². The molecule has 176 valence electrons. The molecule has 1 aromatic heterocycles. The van der Waals surface area contributed by atoms with E-state index in [1.165, 1.54) is 49.4 Å². The lowest BCUT2D eigenvalue weighted by Gasteiger charge is -2.20. The van der Waals surface area contributed by atoms with Gasteiger partial charge in [0.2, 0.25) is 0 Å². The molecule has 0 saturated carbocycles. The van der Waals surface area contributed by atoms with Crippen LogP contribution in [-0.4, -0.2) is 11.6 Å². The van der Waals surface area contributed by atoms with Gasteiger partial charge in [-0.25, -0.2) is 0 Å². The zero-order valence-electron chi connectivity index (χ0n) is 20.7. The van der Waals surface area contributed by atoms with Crippen LogP contribution in [0.3, 0.4) is 0 Å². The molecule has 6 aromatic carbocycles. The highest BCUT2D eigenvalue weighted by Crippen LogP contribution is 2.39. The first-order valence-corrected chi connectivity index (χ1v) is 12.7. The molecule has 0 aliphatic heterocycles. The summed E-state index contributed by atoms with van der Waals surface area (Å²) in [6.07, 6.45) is 0. The fraction of sp³-hybridized carbons (Fsp3) is 0.0286. The summed E-state index contributed by atoms with van der Waals surface area (Å²) >= 11 is 0. The van der Waals surface area contributed by atoms with Crippen molar-refractivity contribution < 1.29 is 0 Å². The molecule has 2 nitrogen and oxygen atoms in total. The fourth-order valence-electron chi connectivity index (χ4n) is 5.48. The molecule has 0 unspecified atom stereocenters.